The van der Waals surface area contributed by atoms with E-state index in [2.05, 4.69) is 10.6 Å². The van der Waals surface area contributed by atoms with Crippen LogP contribution >= 0.6 is 11.6 Å². The van der Waals surface area contributed by atoms with Crippen molar-refractivity contribution in [2.45, 2.75) is 25.3 Å². The van der Waals surface area contributed by atoms with Crippen molar-refractivity contribution >= 4 is 29.5 Å². The van der Waals surface area contributed by atoms with Gasteiger partial charge in [0.05, 0.1) is 5.57 Å². The molecule has 1 saturated heterocycles. The number of nitrogens with one attached hydrogen (secondary N) is 2. The van der Waals surface area contributed by atoms with Crippen LogP contribution in [0, 0.1) is 0 Å². The third kappa shape index (κ3) is 3.25. The molecule has 0 spiro atoms. The van der Waals surface area contributed by atoms with E-state index < -0.39 is 6.04 Å². The number of rotatable bonds is 2. The van der Waals surface area contributed by atoms with Gasteiger partial charge in [0, 0.05) is 17.1 Å². The summed E-state index contributed by atoms with van der Waals surface area (Å²) in [5, 5.41) is 6.18. The van der Waals surface area contributed by atoms with Crippen molar-refractivity contribution in [3.63, 3.8) is 0 Å². The monoisotopic (exact) mass is 320 g/mol. The largest absolute Gasteiger partial charge is 0.488 e. The number of hydrogen-bond acceptors (Lipinski definition) is 3. The standard InChI is InChI=1S/C16H17ClN2O3/c17-12-4-5-14-10(8-12)7-11(9-22-14)15(20)19-13-3-1-2-6-18-16(13)21/h4-5,7-8,13H,1-3,6,9H2,(H,18,21)(H,19,20)/t13-/m0/s1. The Morgan fingerprint density at radius 2 is 2.23 bits per heavy atom. The molecule has 0 radical (unpaired) electrons. The fourth-order valence-electron chi connectivity index (χ4n) is 2.61. The lowest BCUT2D eigenvalue weighted by molar-refractivity contribution is -0.127. The first kappa shape index (κ1) is 14.9. The second-order valence-corrected chi connectivity index (χ2v) is 5.89. The molecule has 0 unspecified atom stereocenters. The Bertz CT molecular complexity index is 642. The van der Waals surface area contributed by atoms with E-state index in [9.17, 15) is 9.59 Å². The van der Waals surface area contributed by atoms with Gasteiger partial charge in [0.25, 0.3) is 5.91 Å². The number of fused-ring (bicyclic) bond motifs is 1. The molecule has 22 heavy (non-hydrogen) atoms. The molecule has 0 aliphatic carbocycles. The summed E-state index contributed by atoms with van der Waals surface area (Å²) in [5.41, 5.74) is 1.26. The molecule has 1 fully saturated rings. The first-order valence-corrected chi connectivity index (χ1v) is 7.73. The number of hydrogen-bond donors (Lipinski definition) is 2. The van der Waals surface area contributed by atoms with Crippen LogP contribution in [0.1, 0.15) is 24.8 Å². The minimum Gasteiger partial charge on any atom is -0.488 e. The molecule has 0 saturated carbocycles. The van der Waals surface area contributed by atoms with Crippen molar-refractivity contribution in [2.75, 3.05) is 13.2 Å². The molecular weight excluding hydrogens is 304 g/mol. The third-order valence-electron chi connectivity index (χ3n) is 3.82. The summed E-state index contributed by atoms with van der Waals surface area (Å²) in [6, 6.07) is 4.80. The van der Waals surface area contributed by atoms with E-state index in [-0.39, 0.29) is 18.4 Å². The SMILES string of the molecule is O=C(N[C@H]1CCCCNC1=O)C1=Cc2cc(Cl)ccc2OC1. The van der Waals surface area contributed by atoms with Crippen LogP contribution in [0.4, 0.5) is 0 Å². The van der Waals surface area contributed by atoms with Gasteiger partial charge < -0.3 is 15.4 Å². The molecule has 1 atom stereocenters. The van der Waals surface area contributed by atoms with Gasteiger partial charge >= 0.3 is 0 Å². The maximum Gasteiger partial charge on any atom is 0.251 e. The highest BCUT2D eigenvalue weighted by atomic mass is 35.5. The lowest BCUT2D eigenvalue weighted by atomic mass is 10.1. The molecule has 2 aliphatic rings. The minimum atomic E-state index is -0.475. The highest BCUT2D eigenvalue weighted by Gasteiger charge is 2.25. The zero-order valence-electron chi connectivity index (χ0n) is 12.0. The Balaban J connectivity index is 1.74. The number of ether oxygens (including phenoxy) is 1. The molecule has 3 rings (SSSR count). The third-order valence-corrected chi connectivity index (χ3v) is 4.05. The number of carbonyl (C=O) groups is 2. The average molecular weight is 321 g/mol. The van der Waals surface area contributed by atoms with Gasteiger partial charge in [0.15, 0.2) is 0 Å². The molecule has 1 aromatic rings. The summed E-state index contributed by atoms with van der Waals surface area (Å²) in [5.74, 6) is 0.312. The topological polar surface area (TPSA) is 67.4 Å². The lowest BCUT2D eigenvalue weighted by Crippen LogP contribution is -2.46. The van der Waals surface area contributed by atoms with E-state index in [1.54, 1.807) is 24.3 Å². The van der Waals surface area contributed by atoms with Crippen molar-refractivity contribution in [1.82, 2.24) is 10.6 Å². The van der Waals surface area contributed by atoms with Gasteiger partial charge in [0.1, 0.15) is 18.4 Å². The van der Waals surface area contributed by atoms with E-state index in [1.165, 1.54) is 0 Å². The fourth-order valence-corrected chi connectivity index (χ4v) is 2.79. The maximum atomic E-state index is 12.3. The Labute approximate surface area is 133 Å². The van der Waals surface area contributed by atoms with Crippen LogP contribution < -0.4 is 15.4 Å². The average Bonchev–Trinajstić information content (AvgIpc) is 2.71. The van der Waals surface area contributed by atoms with Crippen LogP contribution in [-0.4, -0.2) is 31.0 Å². The Morgan fingerprint density at radius 3 is 3.09 bits per heavy atom. The van der Waals surface area contributed by atoms with E-state index >= 15 is 0 Å². The zero-order valence-corrected chi connectivity index (χ0v) is 12.8. The van der Waals surface area contributed by atoms with Crippen LogP contribution in [0.5, 0.6) is 5.75 Å². The van der Waals surface area contributed by atoms with Gasteiger partial charge in [-0.3, -0.25) is 9.59 Å². The van der Waals surface area contributed by atoms with E-state index in [0.29, 0.717) is 29.3 Å². The second kappa shape index (κ2) is 6.40. The maximum absolute atomic E-state index is 12.3. The van der Waals surface area contributed by atoms with Crippen molar-refractivity contribution in [3.05, 3.63) is 34.4 Å². The Kier molecular flexibility index (Phi) is 4.34. The molecule has 1 aromatic carbocycles. The number of benzene rings is 1. The predicted octanol–water partition coefficient (Wildman–Crippen LogP) is 1.90. The molecule has 2 heterocycles. The molecule has 6 heteroatoms. The molecule has 0 bridgehead atoms. The number of amides is 2. The van der Waals surface area contributed by atoms with Gasteiger partial charge in [0.2, 0.25) is 5.91 Å². The molecule has 0 aromatic heterocycles. The highest BCUT2D eigenvalue weighted by molar-refractivity contribution is 6.30. The van der Waals surface area contributed by atoms with Gasteiger partial charge in [-0.25, -0.2) is 0 Å². The fraction of sp³-hybridized carbons (Fsp3) is 0.375. The summed E-state index contributed by atoms with van der Waals surface area (Å²) in [6.07, 6.45) is 4.27. The van der Waals surface area contributed by atoms with Crippen molar-refractivity contribution in [3.8, 4) is 5.75 Å². The first-order chi connectivity index (χ1) is 10.6. The van der Waals surface area contributed by atoms with Gasteiger partial charge in [-0.2, -0.15) is 0 Å². The first-order valence-electron chi connectivity index (χ1n) is 7.35. The van der Waals surface area contributed by atoms with Crippen LogP contribution in [0.25, 0.3) is 6.08 Å². The highest BCUT2D eigenvalue weighted by Crippen LogP contribution is 2.29. The quantitative estimate of drug-likeness (QED) is 0.874. The number of halogens is 1. The van der Waals surface area contributed by atoms with E-state index in [0.717, 1.165) is 18.4 Å². The van der Waals surface area contributed by atoms with Crippen LogP contribution in [0.2, 0.25) is 5.02 Å². The molecule has 116 valence electrons. The van der Waals surface area contributed by atoms with Crippen LogP contribution in [0.15, 0.2) is 23.8 Å². The molecule has 2 N–H and O–H groups in total. The van der Waals surface area contributed by atoms with Gasteiger partial charge in [-0.15, -0.1) is 0 Å². The lowest BCUT2D eigenvalue weighted by Gasteiger charge is -2.20. The normalized spacial score (nSPS) is 20.9. The van der Waals surface area contributed by atoms with Crippen molar-refractivity contribution in [1.29, 1.82) is 0 Å². The van der Waals surface area contributed by atoms with E-state index in [4.69, 9.17) is 16.3 Å². The number of carbonyl (C=O) groups excluding carboxylic acids is 2. The second-order valence-electron chi connectivity index (χ2n) is 5.45. The van der Waals surface area contributed by atoms with Gasteiger partial charge in [-0.1, -0.05) is 11.6 Å². The predicted molar refractivity (Wildman–Crippen MR) is 83.7 cm³/mol. The molecular formula is C16H17ClN2O3. The Morgan fingerprint density at radius 1 is 1.36 bits per heavy atom. The summed E-state index contributed by atoms with van der Waals surface area (Å²) < 4.78 is 5.56. The molecule has 2 amide bonds. The summed E-state index contributed by atoms with van der Waals surface area (Å²) in [4.78, 5) is 24.2. The zero-order chi connectivity index (χ0) is 15.5. The Hall–Kier alpha value is -2.01. The summed E-state index contributed by atoms with van der Waals surface area (Å²) in [6.45, 7) is 0.859. The minimum absolute atomic E-state index is 0.119. The molecule has 2 aliphatic heterocycles. The van der Waals surface area contributed by atoms with Crippen LogP contribution in [-0.2, 0) is 9.59 Å². The van der Waals surface area contributed by atoms with E-state index in [1.807, 2.05) is 0 Å². The molecule has 5 nitrogen and oxygen atoms in total. The summed E-state index contributed by atoms with van der Waals surface area (Å²) >= 11 is 5.96. The van der Waals surface area contributed by atoms with Crippen molar-refractivity contribution < 1.29 is 14.3 Å². The summed E-state index contributed by atoms with van der Waals surface area (Å²) in [7, 11) is 0. The van der Waals surface area contributed by atoms with Gasteiger partial charge in [-0.05, 0) is 43.5 Å². The van der Waals surface area contributed by atoms with Crippen molar-refractivity contribution in [2.24, 2.45) is 0 Å². The smallest absolute Gasteiger partial charge is 0.251 e. The van der Waals surface area contributed by atoms with Crippen LogP contribution in [0.3, 0.4) is 0 Å².